The Morgan fingerprint density at radius 2 is 1.69 bits per heavy atom. The highest BCUT2D eigenvalue weighted by molar-refractivity contribution is 5.96. The maximum absolute atomic E-state index is 12.6. The molecule has 2 aromatic rings. The van der Waals surface area contributed by atoms with E-state index in [9.17, 15) is 9.59 Å². The molecule has 0 spiro atoms. The number of hydrogen-bond donors (Lipinski definition) is 2. The molecule has 0 saturated heterocycles. The molecule has 29 heavy (non-hydrogen) atoms. The number of fused-ring (bicyclic) bond motifs is 1. The van der Waals surface area contributed by atoms with Crippen molar-refractivity contribution in [2.24, 2.45) is 0 Å². The number of nitrogens with one attached hydrogen (secondary N) is 2. The van der Waals surface area contributed by atoms with Crippen LogP contribution in [0.2, 0.25) is 0 Å². The molecular formula is C21H25N3O5. The molecule has 0 fully saturated rings. The first-order chi connectivity index (χ1) is 14.0. The quantitative estimate of drug-likeness (QED) is 0.743. The Labute approximate surface area is 169 Å². The SMILES string of the molecule is COc1ccc(NC(=O)CN(C)[C@@H](C)C(=O)Nc2ccc3c(c2)OCCO3)cc1. The van der Waals surface area contributed by atoms with Crippen molar-refractivity contribution < 1.29 is 23.8 Å². The zero-order valence-electron chi connectivity index (χ0n) is 16.7. The summed E-state index contributed by atoms with van der Waals surface area (Å²) in [4.78, 5) is 26.5. The Morgan fingerprint density at radius 1 is 1.03 bits per heavy atom. The van der Waals surface area contributed by atoms with Crippen LogP contribution in [-0.4, -0.2) is 56.7 Å². The van der Waals surface area contributed by atoms with Crippen LogP contribution in [-0.2, 0) is 9.59 Å². The molecule has 2 aromatic carbocycles. The topological polar surface area (TPSA) is 89.1 Å². The van der Waals surface area contributed by atoms with E-state index in [1.165, 1.54) is 0 Å². The molecule has 2 amide bonds. The highest BCUT2D eigenvalue weighted by Crippen LogP contribution is 2.32. The third-order valence-electron chi connectivity index (χ3n) is 4.62. The van der Waals surface area contributed by atoms with E-state index >= 15 is 0 Å². The third-order valence-corrected chi connectivity index (χ3v) is 4.62. The van der Waals surface area contributed by atoms with Gasteiger partial charge in [0.05, 0.1) is 19.7 Å². The van der Waals surface area contributed by atoms with Crippen LogP contribution in [0.15, 0.2) is 42.5 Å². The molecule has 0 aliphatic carbocycles. The molecule has 8 nitrogen and oxygen atoms in total. The second-order valence-corrected chi connectivity index (χ2v) is 6.72. The highest BCUT2D eigenvalue weighted by atomic mass is 16.6. The van der Waals surface area contributed by atoms with Gasteiger partial charge in [-0.1, -0.05) is 0 Å². The second kappa shape index (κ2) is 9.29. The Balaban J connectivity index is 1.52. The summed E-state index contributed by atoms with van der Waals surface area (Å²) < 4.78 is 16.1. The van der Waals surface area contributed by atoms with E-state index in [1.807, 2.05) is 0 Å². The van der Waals surface area contributed by atoms with Crippen molar-refractivity contribution in [1.29, 1.82) is 0 Å². The first kappa shape index (κ1) is 20.5. The lowest BCUT2D eigenvalue weighted by Crippen LogP contribution is -2.43. The molecule has 2 N–H and O–H groups in total. The third kappa shape index (κ3) is 5.39. The number of amides is 2. The molecule has 154 valence electrons. The molecule has 1 aliphatic heterocycles. The fourth-order valence-electron chi connectivity index (χ4n) is 2.81. The molecular weight excluding hydrogens is 374 g/mol. The van der Waals surface area contributed by atoms with Crippen molar-refractivity contribution >= 4 is 23.2 Å². The predicted octanol–water partition coefficient (Wildman–Crippen LogP) is 2.36. The average molecular weight is 399 g/mol. The number of anilines is 2. The molecule has 3 rings (SSSR count). The molecule has 0 saturated carbocycles. The summed E-state index contributed by atoms with van der Waals surface area (Å²) in [6.07, 6.45) is 0. The van der Waals surface area contributed by atoms with Gasteiger partial charge in [-0.3, -0.25) is 14.5 Å². The van der Waals surface area contributed by atoms with Crippen LogP contribution in [0, 0.1) is 0 Å². The summed E-state index contributed by atoms with van der Waals surface area (Å²) in [7, 11) is 3.31. The number of ether oxygens (including phenoxy) is 3. The maximum atomic E-state index is 12.6. The number of carbonyl (C=O) groups excluding carboxylic acids is 2. The van der Waals surface area contributed by atoms with Crippen LogP contribution in [0.4, 0.5) is 11.4 Å². The molecule has 1 aliphatic rings. The summed E-state index contributed by atoms with van der Waals surface area (Å²) in [5, 5.41) is 5.65. The van der Waals surface area contributed by atoms with Crippen LogP contribution in [0.3, 0.4) is 0 Å². The normalized spacial score (nSPS) is 13.5. The molecule has 0 bridgehead atoms. The van der Waals surface area contributed by atoms with Crippen LogP contribution in [0.25, 0.3) is 0 Å². The molecule has 1 heterocycles. The van der Waals surface area contributed by atoms with Crippen molar-refractivity contribution in [1.82, 2.24) is 4.90 Å². The number of rotatable bonds is 7. The van der Waals surface area contributed by atoms with Gasteiger partial charge in [-0.15, -0.1) is 0 Å². The van der Waals surface area contributed by atoms with Gasteiger partial charge in [0.15, 0.2) is 11.5 Å². The minimum Gasteiger partial charge on any atom is -0.497 e. The van der Waals surface area contributed by atoms with E-state index in [0.29, 0.717) is 41.8 Å². The Kier molecular flexibility index (Phi) is 6.56. The Morgan fingerprint density at radius 3 is 2.38 bits per heavy atom. The summed E-state index contributed by atoms with van der Waals surface area (Å²) in [5.41, 5.74) is 1.28. The largest absolute Gasteiger partial charge is 0.497 e. The number of likely N-dealkylation sites (N-methyl/N-ethyl adjacent to an activating group) is 1. The van der Waals surface area contributed by atoms with Crippen LogP contribution in [0.1, 0.15) is 6.92 Å². The van der Waals surface area contributed by atoms with Gasteiger partial charge in [0.1, 0.15) is 19.0 Å². The van der Waals surface area contributed by atoms with E-state index in [0.717, 1.165) is 0 Å². The van der Waals surface area contributed by atoms with Gasteiger partial charge >= 0.3 is 0 Å². The van der Waals surface area contributed by atoms with Crippen LogP contribution >= 0.6 is 0 Å². The number of carbonyl (C=O) groups is 2. The monoisotopic (exact) mass is 399 g/mol. The van der Waals surface area contributed by atoms with Crippen LogP contribution < -0.4 is 24.8 Å². The minimum absolute atomic E-state index is 0.0712. The summed E-state index contributed by atoms with van der Waals surface area (Å²) in [5.74, 6) is 1.55. The predicted molar refractivity (Wildman–Crippen MR) is 110 cm³/mol. The Bertz CT molecular complexity index is 869. The van der Waals surface area contributed by atoms with E-state index in [4.69, 9.17) is 14.2 Å². The Hall–Kier alpha value is -3.26. The van der Waals surface area contributed by atoms with Gasteiger partial charge in [-0.2, -0.15) is 0 Å². The smallest absolute Gasteiger partial charge is 0.241 e. The fourth-order valence-corrected chi connectivity index (χ4v) is 2.81. The number of hydrogen-bond acceptors (Lipinski definition) is 6. The first-order valence-corrected chi connectivity index (χ1v) is 9.31. The molecule has 0 aromatic heterocycles. The maximum Gasteiger partial charge on any atom is 0.241 e. The van der Waals surface area contributed by atoms with Gasteiger partial charge < -0.3 is 24.8 Å². The molecule has 8 heteroatoms. The summed E-state index contributed by atoms with van der Waals surface area (Å²) in [6.45, 7) is 2.81. The van der Waals surface area contributed by atoms with Gasteiger partial charge in [-0.25, -0.2) is 0 Å². The zero-order chi connectivity index (χ0) is 20.8. The van der Waals surface area contributed by atoms with Crippen molar-refractivity contribution in [3.8, 4) is 17.2 Å². The van der Waals surface area contributed by atoms with E-state index in [2.05, 4.69) is 10.6 Å². The second-order valence-electron chi connectivity index (χ2n) is 6.72. The average Bonchev–Trinajstić information content (AvgIpc) is 2.73. The first-order valence-electron chi connectivity index (χ1n) is 9.31. The number of nitrogens with zero attached hydrogens (tertiary/aromatic N) is 1. The van der Waals surface area contributed by atoms with Gasteiger partial charge in [-0.05, 0) is 50.4 Å². The fraction of sp³-hybridized carbons (Fsp3) is 0.333. The standard InChI is InChI=1S/C21H25N3O5/c1-14(21(26)23-16-6-9-18-19(12-16)29-11-10-28-18)24(2)13-20(25)22-15-4-7-17(27-3)8-5-15/h4-9,12,14H,10-11,13H2,1-3H3,(H,22,25)(H,23,26)/t14-/m0/s1. The van der Waals surface area contributed by atoms with Crippen molar-refractivity contribution in [2.45, 2.75) is 13.0 Å². The van der Waals surface area contributed by atoms with Crippen molar-refractivity contribution in [2.75, 3.05) is 44.5 Å². The van der Waals surface area contributed by atoms with Gasteiger partial charge in [0, 0.05) is 17.4 Å². The summed E-state index contributed by atoms with van der Waals surface area (Å²) in [6, 6.07) is 11.8. The number of methoxy groups -OCH3 is 1. The van der Waals surface area contributed by atoms with Crippen LogP contribution in [0.5, 0.6) is 17.2 Å². The highest BCUT2D eigenvalue weighted by Gasteiger charge is 2.21. The van der Waals surface area contributed by atoms with Crippen molar-refractivity contribution in [3.05, 3.63) is 42.5 Å². The van der Waals surface area contributed by atoms with Crippen molar-refractivity contribution in [3.63, 3.8) is 0 Å². The molecule has 0 radical (unpaired) electrons. The van der Waals surface area contributed by atoms with Gasteiger partial charge in [0.25, 0.3) is 0 Å². The lowest BCUT2D eigenvalue weighted by Gasteiger charge is -2.24. The summed E-state index contributed by atoms with van der Waals surface area (Å²) >= 11 is 0. The van der Waals surface area contributed by atoms with Gasteiger partial charge in [0.2, 0.25) is 11.8 Å². The van der Waals surface area contributed by atoms with E-state index in [-0.39, 0.29) is 18.4 Å². The van der Waals surface area contributed by atoms with E-state index in [1.54, 1.807) is 68.4 Å². The molecule has 1 atom stereocenters. The lowest BCUT2D eigenvalue weighted by molar-refractivity contribution is -0.122. The minimum atomic E-state index is -0.509. The zero-order valence-corrected chi connectivity index (χ0v) is 16.7. The number of benzene rings is 2. The van der Waals surface area contributed by atoms with E-state index < -0.39 is 6.04 Å². The lowest BCUT2D eigenvalue weighted by atomic mass is 10.2. The molecule has 0 unspecified atom stereocenters.